The van der Waals surface area contributed by atoms with E-state index in [0.717, 1.165) is 10.6 Å². The predicted octanol–water partition coefficient (Wildman–Crippen LogP) is 2.10. The summed E-state index contributed by atoms with van der Waals surface area (Å²) in [5, 5.41) is 5.41. The molecular formula is C18H20N2O4S. The Morgan fingerprint density at radius 1 is 1.20 bits per heavy atom. The molecule has 0 bridgehead atoms. The predicted molar refractivity (Wildman–Crippen MR) is 94.7 cm³/mol. The second-order valence-corrected chi connectivity index (χ2v) is 6.61. The lowest BCUT2D eigenvalue weighted by molar-refractivity contribution is -0.141. The summed E-state index contributed by atoms with van der Waals surface area (Å²) < 4.78 is 5.02. The number of carbonyl (C=O) groups excluding carboxylic acids is 3. The van der Waals surface area contributed by atoms with Crippen LogP contribution in [0.2, 0.25) is 0 Å². The van der Waals surface area contributed by atoms with Gasteiger partial charge < -0.3 is 10.1 Å². The highest BCUT2D eigenvalue weighted by Gasteiger charge is 2.12. The summed E-state index contributed by atoms with van der Waals surface area (Å²) in [6.07, 6.45) is 0.760. The molecule has 6 nitrogen and oxygen atoms in total. The number of carbonyl (C=O) groups is 3. The lowest BCUT2D eigenvalue weighted by Crippen LogP contribution is -2.22. The minimum atomic E-state index is -0.467. The SMILES string of the molecule is CC(=O)NCCc1ccc(C(=O)COC(=O)Cc2csc(C)n2)cc1. The molecule has 1 heterocycles. The number of aryl methyl sites for hydroxylation is 1. The van der Waals surface area contributed by atoms with Gasteiger partial charge in [-0.3, -0.25) is 14.4 Å². The van der Waals surface area contributed by atoms with E-state index in [1.165, 1.54) is 18.3 Å². The number of nitrogens with one attached hydrogen (secondary N) is 1. The van der Waals surface area contributed by atoms with Gasteiger partial charge in [-0.15, -0.1) is 11.3 Å². The number of amides is 1. The van der Waals surface area contributed by atoms with Crippen LogP contribution in [0, 0.1) is 6.92 Å². The van der Waals surface area contributed by atoms with Crippen molar-refractivity contribution in [2.75, 3.05) is 13.2 Å². The Hall–Kier alpha value is -2.54. The average molecular weight is 360 g/mol. The summed E-state index contributed by atoms with van der Waals surface area (Å²) in [6.45, 7) is 3.60. The Labute approximate surface area is 150 Å². The molecule has 0 fully saturated rings. The van der Waals surface area contributed by atoms with Crippen LogP contribution in [0.5, 0.6) is 0 Å². The minimum Gasteiger partial charge on any atom is -0.457 e. The normalized spacial score (nSPS) is 10.3. The molecule has 0 spiro atoms. The van der Waals surface area contributed by atoms with Crippen molar-refractivity contribution >= 4 is 29.0 Å². The summed E-state index contributed by atoms with van der Waals surface area (Å²) in [5.74, 6) is -0.789. The van der Waals surface area contributed by atoms with E-state index in [-0.39, 0.29) is 24.7 Å². The minimum absolute atomic E-state index is 0.0681. The molecule has 132 valence electrons. The van der Waals surface area contributed by atoms with E-state index < -0.39 is 5.97 Å². The second-order valence-electron chi connectivity index (χ2n) is 5.55. The molecular weight excluding hydrogens is 340 g/mol. The zero-order valence-corrected chi connectivity index (χ0v) is 15.0. The Balaban J connectivity index is 1.78. The molecule has 0 unspecified atom stereocenters. The van der Waals surface area contributed by atoms with E-state index in [1.54, 1.807) is 17.5 Å². The van der Waals surface area contributed by atoms with Gasteiger partial charge in [-0.25, -0.2) is 4.98 Å². The van der Waals surface area contributed by atoms with Gasteiger partial charge in [0.1, 0.15) is 0 Å². The molecule has 0 atom stereocenters. The van der Waals surface area contributed by atoms with E-state index in [4.69, 9.17) is 4.74 Å². The molecule has 0 saturated carbocycles. The molecule has 1 aromatic carbocycles. The lowest BCUT2D eigenvalue weighted by atomic mass is 10.1. The average Bonchev–Trinajstić information content (AvgIpc) is 2.98. The number of esters is 1. The second kappa shape index (κ2) is 9.08. The fourth-order valence-electron chi connectivity index (χ4n) is 2.16. The van der Waals surface area contributed by atoms with Crippen LogP contribution in [0.3, 0.4) is 0 Å². The third-order valence-corrected chi connectivity index (χ3v) is 4.24. The molecule has 0 saturated heterocycles. The summed E-state index contributed by atoms with van der Waals surface area (Å²) >= 11 is 1.47. The molecule has 1 N–H and O–H groups in total. The molecule has 0 radical (unpaired) electrons. The number of rotatable bonds is 8. The quantitative estimate of drug-likeness (QED) is 0.576. The highest BCUT2D eigenvalue weighted by atomic mass is 32.1. The number of aromatic nitrogens is 1. The Morgan fingerprint density at radius 3 is 2.52 bits per heavy atom. The summed E-state index contributed by atoms with van der Waals surface area (Å²) in [5.41, 5.74) is 2.16. The molecule has 2 rings (SSSR count). The molecule has 1 aromatic heterocycles. The number of benzene rings is 1. The molecule has 1 amide bonds. The first kappa shape index (κ1) is 18.8. The first-order valence-corrected chi connectivity index (χ1v) is 8.75. The lowest BCUT2D eigenvalue weighted by Gasteiger charge is -2.06. The number of ether oxygens (including phenoxy) is 1. The van der Waals surface area contributed by atoms with Crippen molar-refractivity contribution in [2.45, 2.75) is 26.7 Å². The van der Waals surface area contributed by atoms with Crippen molar-refractivity contribution in [2.24, 2.45) is 0 Å². The van der Waals surface area contributed by atoms with Gasteiger partial charge in [0.15, 0.2) is 12.4 Å². The first-order valence-electron chi connectivity index (χ1n) is 7.87. The van der Waals surface area contributed by atoms with Crippen molar-refractivity contribution in [3.05, 3.63) is 51.5 Å². The van der Waals surface area contributed by atoms with Crippen LogP contribution in [-0.4, -0.2) is 35.8 Å². The zero-order valence-electron chi connectivity index (χ0n) is 14.2. The third-order valence-electron chi connectivity index (χ3n) is 3.42. The van der Waals surface area contributed by atoms with Gasteiger partial charge in [0.25, 0.3) is 0 Å². The number of ketones is 1. The molecule has 25 heavy (non-hydrogen) atoms. The standard InChI is InChI=1S/C18H20N2O4S/c1-12(21)19-8-7-14-3-5-15(6-4-14)17(22)10-24-18(23)9-16-11-25-13(2)20-16/h3-6,11H,7-10H2,1-2H3,(H,19,21). The van der Waals surface area contributed by atoms with Gasteiger partial charge in [0.05, 0.1) is 17.1 Å². The van der Waals surface area contributed by atoms with Crippen molar-refractivity contribution in [3.63, 3.8) is 0 Å². The number of Topliss-reactive ketones (excluding diaryl/α,β-unsaturated/α-hetero) is 1. The summed E-state index contributed by atoms with van der Waals surface area (Å²) in [4.78, 5) is 38.8. The van der Waals surface area contributed by atoms with E-state index >= 15 is 0 Å². The monoisotopic (exact) mass is 360 g/mol. The number of nitrogens with zero attached hydrogens (tertiary/aromatic N) is 1. The molecule has 2 aromatic rings. The number of hydrogen-bond donors (Lipinski definition) is 1. The summed E-state index contributed by atoms with van der Waals surface area (Å²) in [7, 11) is 0. The van der Waals surface area contributed by atoms with E-state index in [2.05, 4.69) is 10.3 Å². The Bertz CT molecular complexity index is 753. The van der Waals surface area contributed by atoms with Crippen molar-refractivity contribution in [1.29, 1.82) is 0 Å². The third kappa shape index (κ3) is 6.46. The van der Waals surface area contributed by atoms with Gasteiger partial charge in [-0.1, -0.05) is 24.3 Å². The fraction of sp³-hybridized carbons (Fsp3) is 0.333. The van der Waals surface area contributed by atoms with E-state index in [9.17, 15) is 14.4 Å². The van der Waals surface area contributed by atoms with Crippen LogP contribution >= 0.6 is 11.3 Å². The maximum atomic E-state index is 12.1. The van der Waals surface area contributed by atoms with Gasteiger partial charge in [-0.05, 0) is 18.9 Å². The van der Waals surface area contributed by atoms with Crippen LogP contribution in [0.1, 0.15) is 33.5 Å². The maximum Gasteiger partial charge on any atom is 0.312 e. The van der Waals surface area contributed by atoms with Crippen molar-refractivity contribution in [1.82, 2.24) is 10.3 Å². The van der Waals surface area contributed by atoms with Crippen LogP contribution in [0.15, 0.2) is 29.6 Å². The zero-order chi connectivity index (χ0) is 18.2. The van der Waals surface area contributed by atoms with Gasteiger partial charge in [-0.2, -0.15) is 0 Å². The Morgan fingerprint density at radius 2 is 1.92 bits per heavy atom. The van der Waals surface area contributed by atoms with E-state index in [1.807, 2.05) is 19.1 Å². The number of hydrogen-bond acceptors (Lipinski definition) is 6. The van der Waals surface area contributed by atoms with Crippen LogP contribution in [0.4, 0.5) is 0 Å². The largest absolute Gasteiger partial charge is 0.457 e. The number of thiazole rings is 1. The molecule has 0 aliphatic carbocycles. The summed E-state index contributed by atoms with van der Waals surface area (Å²) in [6, 6.07) is 7.05. The van der Waals surface area contributed by atoms with Crippen molar-refractivity contribution in [3.8, 4) is 0 Å². The molecule has 7 heteroatoms. The van der Waals surface area contributed by atoms with E-state index in [0.29, 0.717) is 24.2 Å². The van der Waals surface area contributed by atoms with Crippen LogP contribution in [0.25, 0.3) is 0 Å². The maximum absolute atomic E-state index is 12.1. The topological polar surface area (TPSA) is 85.4 Å². The highest BCUT2D eigenvalue weighted by Crippen LogP contribution is 2.10. The van der Waals surface area contributed by atoms with Crippen LogP contribution in [-0.2, 0) is 27.2 Å². The van der Waals surface area contributed by atoms with Gasteiger partial charge in [0.2, 0.25) is 5.91 Å². The Kier molecular flexibility index (Phi) is 6.82. The molecule has 0 aliphatic rings. The highest BCUT2D eigenvalue weighted by molar-refractivity contribution is 7.09. The molecule has 0 aliphatic heterocycles. The van der Waals surface area contributed by atoms with Gasteiger partial charge in [0, 0.05) is 24.4 Å². The van der Waals surface area contributed by atoms with Crippen LogP contribution < -0.4 is 5.32 Å². The first-order chi connectivity index (χ1) is 11.9. The smallest absolute Gasteiger partial charge is 0.312 e. The van der Waals surface area contributed by atoms with Crippen molar-refractivity contribution < 1.29 is 19.1 Å². The van der Waals surface area contributed by atoms with Gasteiger partial charge >= 0.3 is 5.97 Å². The fourth-order valence-corrected chi connectivity index (χ4v) is 2.77.